The topological polar surface area (TPSA) is 78.0 Å². The quantitative estimate of drug-likeness (QED) is 0.776. The molecule has 0 aliphatic heterocycles. The Kier molecular flexibility index (Phi) is 4.31. The molecular weight excluding hydrogens is 320 g/mol. The lowest BCUT2D eigenvalue weighted by Gasteiger charge is -2.10. The zero-order valence-corrected chi connectivity index (χ0v) is 14.4. The van der Waals surface area contributed by atoms with Crippen LogP contribution in [-0.4, -0.2) is 19.6 Å². The second-order valence-corrected chi connectivity index (χ2v) is 5.99. The SMILES string of the molecule is CCc1ccc(NC(=O)Cn2ccc3c(=O)n(C)c(=O)n(C)c32)cc1. The average molecular weight is 340 g/mol. The van der Waals surface area contributed by atoms with Crippen LogP contribution in [0.4, 0.5) is 5.69 Å². The highest BCUT2D eigenvalue weighted by molar-refractivity contribution is 5.91. The molecule has 1 N–H and O–H groups in total. The first-order valence-electron chi connectivity index (χ1n) is 8.06. The van der Waals surface area contributed by atoms with Crippen LogP contribution in [0.5, 0.6) is 0 Å². The van der Waals surface area contributed by atoms with E-state index in [1.807, 2.05) is 24.3 Å². The number of nitrogens with one attached hydrogen (secondary N) is 1. The zero-order chi connectivity index (χ0) is 18.1. The fourth-order valence-electron chi connectivity index (χ4n) is 2.89. The molecule has 3 aromatic rings. The van der Waals surface area contributed by atoms with Crippen molar-refractivity contribution < 1.29 is 4.79 Å². The van der Waals surface area contributed by atoms with Gasteiger partial charge < -0.3 is 9.88 Å². The third-order valence-corrected chi connectivity index (χ3v) is 4.32. The van der Waals surface area contributed by atoms with E-state index < -0.39 is 5.69 Å². The molecule has 2 aromatic heterocycles. The van der Waals surface area contributed by atoms with Gasteiger partial charge in [-0.3, -0.25) is 18.7 Å². The maximum atomic E-state index is 12.3. The number of anilines is 1. The summed E-state index contributed by atoms with van der Waals surface area (Å²) in [7, 11) is 3.02. The van der Waals surface area contributed by atoms with Crippen molar-refractivity contribution in [3.8, 4) is 0 Å². The number of hydrogen-bond donors (Lipinski definition) is 1. The summed E-state index contributed by atoms with van der Waals surface area (Å²) in [5, 5.41) is 3.23. The number of aromatic nitrogens is 3. The van der Waals surface area contributed by atoms with Crippen LogP contribution in [-0.2, 0) is 31.9 Å². The minimum Gasteiger partial charge on any atom is -0.325 e. The number of fused-ring (bicyclic) bond motifs is 1. The molecule has 130 valence electrons. The molecule has 7 nitrogen and oxygen atoms in total. The summed E-state index contributed by atoms with van der Waals surface area (Å²) in [6.45, 7) is 2.08. The molecule has 0 spiro atoms. The van der Waals surface area contributed by atoms with E-state index in [1.165, 1.54) is 17.2 Å². The standard InChI is InChI=1S/C18H20N4O3/c1-4-12-5-7-13(8-6-12)19-15(23)11-22-10-9-14-16(22)20(2)18(25)21(3)17(14)24/h5-10H,4,11H2,1-3H3,(H,19,23). The summed E-state index contributed by atoms with van der Waals surface area (Å²) in [5.41, 5.74) is 1.55. The van der Waals surface area contributed by atoms with Crippen LogP contribution in [0.2, 0.25) is 0 Å². The summed E-state index contributed by atoms with van der Waals surface area (Å²) >= 11 is 0. The van der Waals surface area contributed by atoms with Crippen molar-refractivity contribution >= 4 is 22.6 Å². The normalized spacial score (nSPS) is 11.0. The first-order chi connectivity index (χ1) is 11.9. The molecule has 2 heterocycles. The van der Waals surface area contributed by atoms with Gasteiger partial charge >= 0.3 is 5.69 Å². The number of aryl methyl sites for hydroxylation is 2. The van der Waals surface area contributed by atoms with Crippen LogP contribution < -0.4 is 16.6 Å². The van der Waals surface area contributed by atoms with Gasteiger partial charge in [-0.05, 0) is 30.2 Å². The van der Waals surface area contributed by atoms with Crippen molar-refractivity contribution in [2.24, 2.45) is 14.1 Å². The highest BCUT2D eigenvalue weighted by atomic mass is 16.2. The number of rotatable bonds is 4. The molecule has 0 unspecified atom stereocenters. The van der Waals surface area contributed by atoms with Gasteiger partial charge in [-0.15, -0.1) is 0 Å². The van der Waals surface area contributed by atoms with E-state index in [0.29, 0.717) is 16.7 Å². The Morgan fingerprint density at radius 2 is 1.72 bits per heavy atom. The molecule has 0 saturated carbocycles. The smallest absolute Gasteiger partial charge is 0.325 e. The molecule has 1 aromatic carbocycles. The Morgan fingerprint density at radius 3 is 2.36 bits per heavy atom. The molecule has 3 rings (SSSR count). The van der Waals surface area contributed by atoms with Crippen molar-refractivity contribution in [3.63, 3.8) is 0 Å². The van der Waals surface area contributed by atoms with Crippen molar-refractivity contribution in [1.29, 1.82) is 0 Å². The highest BCUT2D eigenvalue weighted by Crippen LogP contribution is 2.12. The molecule has 0 aliphatic rings. The third-order valence-electron chi connectivity index (χ3n) is 4.32. The van der Waals surface area contributed by atoms with Gasteiger partial charge in [0, 0.05) is 26.0 Å². The number of nitrogens with zero attached hydrogens (tertiary/aromatic N) is 3. The lowest BCUT2D eigenvalue weighted by molar-refractivity contribution is -0.116. The maximum Gasteiger partial charge on any atom is 0.332 e. The van der Waals surface area contributed by atoms with Gasteiger partial charge in [0.05, 0.1) is 5.39 Å². The van der Waals surface area contributed by atoms with E-state index in [9.17, 15) is 14.4 Å². The van der Waals surface area contributed by atoms with E-state index in [1.54, 1.807) is 23.9 Å². The second-order valence-electron chi connectivity index (χ2n) is 5.99. The molecule has 7 heteroatoms. The number of benzene rings is 1. The largest absolute Gasteiger partial charge is 0.332 e. The molecule has 0 atom stereocenters. The minimum atomic E-state index is -0.423. The predicted molar refractivity (Wildman–Crippen MR) is 96.9 cm³/mol. The van der Waals surface area contributed by atoms with Crippen LogP contribution in [0.1, 0.15) is 12.5 Å². The molecule has 0 saturated heterocycles. The second kappa shape index (κ2) is 6.43. The summed E-state index contributed by atoms with van der Waals surface area (Å²) in [5.74, 6) is -0.227. The molecular formula is C18H20N4O3. The summed E-state index contributed by atoms with van der Waals surface area (Å²) in [6, 6.07) is 9.27. The maximum absolute atomic E-state index is 12.3. The van der Waals surface area contributed by atoms with Crippen LogP contribution in [0.25, 0.3) is 11.0 Å². The Hall–Kier alpha value is -3.09. The van der Waals surface area contributed by atoms with Gasteiger partial charge in [0.15, 0.2) is 0 Å². The fourth-order valence-corrected chi connectivity index (χ4v) is 2.89. The number of carbonyl (C=O) groups is 1. The van der Waals surface area contributed by atoms with Crippen molar-refractivity contribution in [1.82, 2.24) is 13.7 Å². The number of amides is 1. The van der Waals surface area contributed by atoms with Gasteiger partial charge in [0.2, 0.25) is 5.91 Å². The molecule has 0 bridgehead atoms. The van der Waals surface area contributed by atoms with E-state index in [4.69, 9.17) is 0 Å². The fraction of sp³-hybridized carbons (Fsp3) is 0.278. The number of hydrogen-bond acceptors (Lipinski definition) is 3. The van der Waals surface area contributed by atoms with Crippen LogP contribution in [0, 0.1) is 0 Å². The Balaban J connectivity index is 1.89. The van der Waals surface area contributed by atoms with Gasteiger partial charge in [0.25, 0.3) is 5.56 Å². The Morgan fingerprint density at radius 1 is 1.04 bits per heavy atom. The van der Waals surface area contributed by atoms with Gasteiger partial charge in [-0.2, -0.15) is 0 Å². The van der Waals surface area contributed by atoms with Crippen LogP contribution in [0.15, 0.2) is 46.1 Å². The molecule has 0 fully saturated rings. The Bertz CT molecular complexity index is 1050. The average Bonchev–Trinajstić information content (AvgIpc) is 3.02. The lowest BCUT2D eigenvalue weighted by atomic mass is 10.1. The van der Waals surface area contributed by atoms with Crippen LogP contribution >= 0.6 is 0 Å². The van der Waals surface area contributed by atoms with E-state index in [-0.39, 0.29) is 18.0 Å². The van der Waals surface area contributed by atoms with Crippen LogP contribution in [0.3, 0.4) is 0 Å². The third kappa shape index (κ3) is 3.00. The van der Waals surface area contributed by atoms with Gasteiger partial charge in [0.1, 0.15) is 12.2 Å². The lowest BCUT2D eigenvalue weighted by Crippen LogP contribution is -2.37. The summed E-state index contributed by atoms with van der Waals surface area (Å²) in [4.78, 5) is 36.6. The van der Waals surface area contributed by atoms with E-state index in [2.05, 4.69) is 12.2 Å². The van der Waals surface area contributed by atoms with Crippen molar-refractivity contribution in [2.75, 3.05) is 5.32 Å². The van der Waals surface area contributed by atoms with E-state index in [0.717, 1.165) is 11.0 Å². The first kappa shape index (κ1) is 16.8. The van der Waals surface area contributed by atoms with Gasteiger partial charge in [-0.1, -0.05) is 19.1 Å². The summed E-state index contributed by atoms with van der Waals surface area (Å²) < 4.78 is 4.04. The highest BCUT2D eigenvalue weighted by Gasteiger charge is 2.14. The van der Waals surface area contributed by atoms with Crippen molar-refractivity contribution in [2.45, 2.75) is 19.9 Å². The molecule has 1 amide bonds. The Labute approximate surface area is 144 Å². The predicted octanol–water partition coefficient (Wildman–Crippen LogP) is 1.24. The molecule has 0 aliphatic carbocycles. The van der Waals surface area contributed by atoms with Crippen molar-refractivity contribution in [3.05, 3.63) is 62.9 Å². The van der Waals surface area contributed by atoms with Gasteiger partial charge in [-0.25, -0.2) is 4.79 Å². The zero-order valence-electron chi connectivity index (χ0n) is 14.4. The van der Waals surface area contributed by atoms with E-state index >= 15 is 0 Å². The monoisotopic (exact) mass is 340 g/mol. The minimum absolute atomic E-state index is 0.0134. The molecule has 0 radical (unpaired) electrons. The first-order valence-corrected chi connectivity index (χ1v) is 8.06. The molecule has 25 heavy (non-hydrogen) atoms. The number of carbonyl (C=O) groups excluding carboxylic acids is 1. The summed E-state index contributed by atoms with van der Waals surface area (Å²) in [6.07, 6.45) is 2.58.